The molecule has 0 bridgehead atoms. The highest BCUT2D eigenvalue weighted by atomic mass is 16.6. The van der Waals surface area contributed by atoms with Gasteiger partial charge in [-0.2, -0.15) is 10.4 Å². The van der Waals surface area contributed by atoms with Gasteiger partial charge in [0, 0.05) is 12.6 Å². The molecule has 1 aliphatic carbocycles. The second-order valence-electron chi connectivity index (χ2n) is 6.99. The Labute approximate surface area is 184 Å². The molecule has 0 saturated carbocycles. The van der Waals surface area contributed by atoms with E-state index in [2.05, 4.69) is 10.2 Å². The number of carbonyl (C=O) groups is 1. The number of aromatic hydroxyl groups is 1. The molecule has 3 rings (SSSR count). The third-order valence-corrected chi connectivity index (χ3v) is 4.83. The van der Waals surface area contributed by atoms with Crippen molar-refractivity contribution in [1.29, 1.82) is 5.26 Å². The molecular weight excluding hydrogens is 412 g/mol. The Morgan fingerprint density at radius 3 is 2.84 bits per heavy atom. The topological polar surface area (TPSA) is 126 Å². The van der Waals surface area contributed by atoms with E-state index in [4.69, 9.17) is 9.47 Å². The largest absolute Gasteiger partial charge is 0.493 e. The Balaban J connectivity index is 1.67. The van der Waals surface area contributed by atoms with Gasteiger partial charge in [-0.05, 0) is 31.5 Å². The van der Waals surface area contributed by atoms with Crippen molar-refractivity contribution < 1.29 is 19.4 Å². The maximum atomic E-state index is 12.4. The number of rotatable bonds is 7. The number of allylic oxidation sites excluding steroid dienone is 2. The summed E-state index contributed by atoms with van der Waals surface area (Å²) in [6.07, 6.45) is 8.59. The molecule has 0 aliphatic heterocycles. The fraction of sp³-hybridized carbons (Fsp3) is 0.261. The van der Waals surface area contributed by atoms with E-state index in [0.717, 1.165) is 11.0 Å². The molecule has 1 aromatic heterocycles. The van der Waals surface area contributed by atoms with Crippen molar-refractivity contribution in [3.8, 4) is 11.9 Å². The molecule has 0 saturated heterocycles. The summed E-state index contributed by atoms with van der Waals surface area (Å²) in [7, 11) is 1.33. The van der Waals surface area contributed by atoms with Gasteiger partial charge in [-0.15, -0.1) is 5.11 Å². The first-order chi connectivity index (χ1) is 15.4. The van der Waals surface area contributed by atoms with Gasteiger partial charge in [-0.1, -0.05) is 30.4 Å². The molecule has 164 valence electrons. The summed E-state index contributed by atoms with van der Waals surface area (Å²) in [5, 5.41) is 27.1. The van der Waals surface area contributed by atoms with Crippen LogP contribution >= 0.6 is 0 Å². The fourth-order valence-corrected chi connectivity index (χ4v) is 3.02. The van der Waals surface area contributed by atoms with E-state index in [1.165, 1.54) is 20.0 Å². The molecule has 1 aliphatic rings. The number of hydrogen-bond donors (Lipinski definition) is 1. The van der Waals surface area contributed by atoms with Crippen LogP contribution in [0.25, 0.3) is 0 Å². The normalized spacial score (nSPS) is 15.1. The summed E-state index contributed by atoms with van der Waals surface area (Å²) < 4.78 is 11.8. The molecule has 1 unspecified atom stereocenters. The smallest absolute Gasteiger partial charge is 0.338 e. The second-order valence-corrected chi connectivity index (χ2v) is 6.99. The standard InChI is InChI=1S/C23H22N4O5/c1-15-19(14-24)21(28)27(2)22(29)20(15)26-25-17-8-6-7-16(13-17)23(30)32-12-11-31-18-9-4-3-5-10-18/h3-9,13,18,28H,10-12H2,1-2H3. The molecule has 9 nitrogen and oxygen atoms in total. The maximum Gasteiger partial charge on any atom is 0.338 e. The Morgan fingerprint density at radius 1 is 1.31 bits per heavy atom. The number of esters is 1. The summed E-state index contributed by atoms with van der Waals surface area (Å²) in [5.74, 6) is -0.966. The molecule has 32 heavy (non-hydrogen) atoms. The molecule has 9 heteroatoms. The Bertz CT molecular complexity index is 1200. The van der Waals surface area contributed by atoms with Crippen LogP contribution in [0.2, 0.25) is 0 Å². The monoisotopic (exact) mass is 434 g/mol. The van der Waals surface area contributed by atoms with Crippen molar-refractivity contribution in [1.82, 2.24) is 4.57 Å². The minimum Gasteiger partial charge on any atom is -0.493 e. The number of ether oxygens (including phenoxy) is 2. The second kappa shape index (κ2) is 10.3. The van der Waals surface area contributed by atoms with Gasteiger partial charge in [0.1, 0.15) is 18.2 Å². The van der Waals surface area contributed by atoms with Gasteiger partial charge >= 0.3 is 5.97 Å². The summed E-state index contributed by atoms with van der Waals surface area (Å²) in [4.78, 5) is 24.7. The zero-order chi connectivity index (χ0) is 23.1. The lowest BCUT2D eigenvalue weighted by atomic mass is 10.1. The van der Waals surface area contributed by atoms with Crippen molar-refractivity contribution in [2.45, 2.75) is 19.4 Å². The van der Waals surface area contributed by atoms with Gasteiger partial charge in [0.05, 0.1) is 24.0 Å². The highest BCUT2D eigenvalue weighted by molar-refractivity contribution is 5.90. The predicted molar refractivity (Wildman–Crippen MR) is 116 cm³/mol. The first kappa shape index (κ1) is 22.7. The number of carbonyl (C=O) groups excluding carboxylic acids is 1. The lowest BCUT2D eigenvalue weighted by Gasteiger charge is -2.14. The Hall–Kier alpha value is -4.03. The van der Waals surface area contributed by atoms with Crippen LogP contribution in [-0.2, 0) is 16.5 Å². The van der Waals surface area contributed by atoms with E-state index >= 15 is 0 Å². The van der Waals surface area contributed by atoms with Crippen LogP contribution in [0.15, 0.2) is 63.6 Å². The van der Waals surface area contributed by atoms with E-state index in [0.29, 0.717) is 5.69 Å². The third-order valence-electron chi connectivity index (χ3n) is 4.83. The quantitative estimate of drug-likeness (QED) is 0.402. The molecule has 0 amide bonds. The fourth-order valence-electron chi connectivity index (χ4n) is 3.02. The number of pyridine rings is 1. The van der Waals surface area contributed by atoms with Gasteiger partial charge in [0.25, 0.3) is 5.56 Å². The third kappa shape index (κ3) is 5.17. The first-order valence-corrected chi connectivity index (χ1v) is 9.89. The molecule has 2 aromatic rings. The molecule has 1 aromatic carbocycles. The highest BCUT2D eigenvalue weighted by Crippen LogP contribution is 2.26. The summed E-state index contributed by atoms with van der Waals surface area (Å²) >= 11 is 0. The van der Waals surface area contributed by atoms with Gasteiger partial charge in [0.15, 0.2) is 5.69 Å². The van der Waals surface area contributed by atoms with Crippen molar-refractivity contribution in [3.63, 3.8) is 0 Å². The number of nitrogens with zero attached hydrogens (tertiary/aromatic N) is 4. The van der Waals surface area contributed by atoms with E-state index in [1.807, 2.05) is 30.4 Å². The lowest BCUT2D eigenvalue weighted by molar-refractivity contribution is 0.0204. The van der Waals surface area contributed by atoms with Crippen LogP contribution in [0, 0.1) is 18.3 Å². The first-order valence-electron chi connectivity index (χ1n) is 9.89. The summed E-state index contributed by atoms with van der Waals surface area (Å²) in [5.41, 5.74) is 0.0918. The zero-order valence-electron chi connectivity index (χ0n) is 17.7. The maximum absolute atomic E-state index is 12.4. The average molecular weight is 434 g/mol. The Morgan fingerprint density at radius 2 is 2.12 bits per heavy atom. The number of nitriles is 1. The molecule has 0 fully saturated rings. The molecule has 0 radical (unpaired) electrons. The van der Waals surface area contributed by atoms with Gasteiger partial charge < -0.3 is 14.6 Å². The van der Waals surface area contributed by atoms with Crippen LogP contribution < -0.4 is 5.56 Å². The van der Waals surface area contributed by atoms with E-state index in [9.17, 15) is 20.0 Å². The van der Waals surface area contributed by atoms with Crippen LogP contribution in [0.5, 0.6) is 5.88 Å². The van der Waals surface area contributed by atoms with Crippen LogP contribution in [0.4, 0.5) is 11.4 Å². The zero-order valence-corrected chi connectivity index (χ0v) is 17.7. The van der Waals surface area contributed by atoms with Gasteiger partial charge in [0.2, 0.25) is 5.88 Å². The van der Waals surface area contributed by atoms with Crippen LogP contribution in [-0.4, -0.2) is 35.0 Å². The summed E-state index contributed by atoms with van der Waals surface area (Å²) in [6.45, 7) is 1.89. The van der Waals surface area contributed by atoms with Crippen molar-refractivity contribution >= 4 is 17.3 Å². The van der Waals surface area contributed by atoms with Crippen LogP contribution in [0.1, 0.15) is 27.9 Å². The van der Waals surface area contributed by atoms with Gasteiger partial charge in [-0.3, -0.25) is 9.36 Å². The minimum absolute atomic E-state index is 0.0138. The predicted octanol–water partition coefficient (Wildman–Crippen LogP) is 3.74. The van der Waals surface area contributed by atoms with Crippen molar-refractivity contribution in [3.05, 3.63) is 75.6 Å². The van der Waals surface area contributed by atoms with E-state index in [-0.39, 0.29) is 41.7 Å². The molecular formula is C23H22N4O5. The van der Waals surface area contributed by atoms with E-state index in [1.54, 1.807) is 18.2 Å². The number of benzene rings is 1. The Kier molecular flexibility index (Phi) is 7.31. The number of azo groups is 1. The minimum atomic E-state index is -0.596. The number of hydrogen-bond acceptors (Lipinski definition) is 8. The molecule has 1 heterocycles. The number of aromatic nitrogens is 1. The highest BCUT2D eigenvalue weighted by Gasteiger charge is 2.17. The van der Waals surface area contributed by atoms with Crippen molar-refractivity contribution in [2.75, 3.05) is 13.2 Å². The average Bonchev–Trinajstić information content (AvgIpc) is 2.81. The van der Waals surface area contributed by atoms with Gasteiger partial charge in [-0.25, -0.2) is 4.79 Å². The van der Waals surface area contributed by atoms with E-state index < -0.39 is 17.4 Å². The molecule has 1 N–H and O–H groups in total. The summed E-state index contributed by atoms with van der Waals surface area (Å²) in [6, 6.07) is 8.13. The SMILES string of the molecule is Cc1c(C#N)c(O)n(C)c(=O)c1N=Nc1cccc(C(=O)OCCOC2C=CC=CC2)c1. The van der Waals surface area contributed by atoms with Crippen molar-refractivity contribution in [2.24, 2.45) is 17.3 Å². The molecule has 0 spiro atoms. The lowest BCUT2D eigenvalue weighted by Crippen LogP contribution is -2.18. The van der Waals surface area contributed by atoms with Crippen LogP contribution in [0.3, 0.4) is 0 Å². The molecule has 1 atom stereocenters.